The van der Waals surface area contributed by atoms with E-state index in [-0.39, 0.29) is 30.9 Å². The summed E-state index contributed by atoms with van der Waals surface area (Å²) in [5.74, 6) is -0.240. The van der Waals surface area contributed by atoms with Crippen LogP contribution >= 0.6 is 7.60 Å². The number of hydroxylamine groups is 2. The van der Waals surface area contributed by atoms with Gasteiger partial charge in [-0.2, -0.15) is 0 Å². The minimum Gasteiger partial charge on any atom is -0.438 e. The Hall–Kier alpha value is -2.32. The average Bonchev–Trinajstić information content (AvgIpc) is 2.72. The number of esters is 1. The third kappa shape index (κ3) is 10.4. The fourth-order valence-electron chi connectivity index (χ4n) is 2.22. The van der Waals surface area contributed by atoms with Gasteiger partial charge in [-0.3, -0.25) is 28.7 Å². The van der Waals surface area contributed by atoms with Crippen molar-refractivity contribution in [3.63, 3.8) is 0 Å². The number of ether oxygens (including phenoxy) is 1. The summed E-state index contributed by atoms with van der Waals surface area (Å²) in [6.45, 7) is 9.14. The second kappa shape index (κ2) is 12.2. The molecule has 0 heterocycles. The first-order valence-electron chi connectivity index (χ1n) is 10.5. The molecule has 0 aliphatic rings. The minimum atomic E-state index is -3.95. The molecule has 10 heteroatoms. The quantitative estimate of drug-likeness (QED) is 0.157. The lowest BCUT2D eigenvalue weighted by atomic mass is 9.89. The van der Waals surface area contributed by atoms with Crippen LogP contribution in [0.1, 0.15) is 58.3 Å². The van der Waals surface area contributed by atoms with Crippen molar-refractivity contribution in [2.75, 3.05) is 19.9 Å². The zero-order valence-corrected chi connectivity index (χ0v) is 21.0. The lowest BCUT2D eigenvalue weighted by Gasteiger charge is -2.20. The Balaban J connectivity index is 2.80. The molecule has 1 atom stereocenters. The first kappa shape index (κ1) is 28.7. The molecule has 0 aliphatic carbocycles. The Labute approximate surface area is 195 Å². The maximum Gasteiger partial charge on any atom is 0.356 e. The highest BCUT2D eigenvalue weighted by atomic mass is 31.2. The fourth-order valence-corrected chi connectivity index (χ4v) is 3.37. The molecule has 1 rings (SSSR count). The van der Waals surface area contributed by atoms with Gasteiger partial charge in [-0.1, -0.05) is 45.0 Å². The molecule has 0 aromatic heterocycles. The van der Waals surface area contributed by atoms with Crippen LogP contribution in [0.2, 0.25) is 0 Å². The Morgan fingerprint density at radius 3 is 2.15 bits per heavy atom. The van der Waals surface area contributed by atoms with E-state index >= 15 is 0 Å². The van der Waals surface area contributed by atoms with Gasteiger partial charge >= 0.3 is 13.6 Å². The smallest absolute Gasteiger partial charge is 0.356 e. The van der Waals surface area contributed by atoms with Gasteiger partial charge in [0.1, 0.15) is 5.78 Å². The number of rotatable bonds is 11. The van der Waals surface area contributed by atoms with Crippen molar-refractivity contribution in [2.24, 2.45) is 10.8 Å². The van der Waals surface area contributed by atoms with Crippen molar-refractivity contribution < 1.29 is 37.9 Å². The maximum atomic E-state index is 13.1. The van der Waals surface area contributed by atoms with Crippen LogP contribution in [0.15, 0.2) is 42.2 Å². The molecule has 9 nitrogen and oxygen atoms in total. The van der Waals surface area contributed by atoms with Gasteiger partial charge in [-0.05, 0) is 32.9 Å². The molecule has 1 aromatic rings. The summed E-state index contributed by atoms with van der Waals surface area (Å²) in [5.41, 5.74) is -1.08. The molecular formula is C23H34NO8P. The molecule has 184 valence electrons. The van der Waals surface area contributed by atoms with E-state index in [1.165, 1.54) is 6.08 Å². The molecule has 0 bridgehead atoms. The number of hydrogen-bond donors (Lipinski definition) is 1. The van der Waals surface area contributed by atoms with Crippen LogP contribution in [-0.4, -0.2) is 47.9 Å². The second-order valence-electron chi connectivity index (χ2n) is 9.36. The minimum absolute atomic E-state index is 0.00505. The number of nitrogens with zero attached hydrogens (tertiary/aromatic N) is 1. The summed E-state index contributed by atoms with van der Waals surface area (Å²) >= 11 is 0. The van der Waals surface area contributed by atoms with E-state index < -0.39 is 37.1 Å². The molecule has 0 saturated heterocycles. The summed E-state index contributed by atoms with van der Waals surface area (Å²) in [6.07, 6.45) is 1.24. The van der Waals surface area contributed by atoms with E-state index in [1.807, 2.05) is 0 Å². The van der Waals surface area contributed by atoms with E-state index in [4.69, 9.17) is 13.8 Å². The van der Waals surface area contributed by atoms with Gasteiger partial charge in [0.25, 0.3) is 5.91 Å². The van der Waals surface area contributed by atoms with Gasteiger partial charge in [0.2, 0.25) is 6.79 Å². The Morgan fingerprint density at radius 2 is 1.61 bits per heavy atom. The summed E-state index contributed by atoms with van der Waals surface area (Å²) in [6, 6.07) is 8.14. The van der Waals surface area contributed by atoms with Crippen LogP contribution in [0.4, 0.5) is 0 Å². The first-order valence-corrected chi connectivity index (χ1v) is 12.1. The maximum absolute atomic E-state index is 13.1. The second-order valence-corrected chi connectivity index (χ2v) is 11.3. The third-order valence-corrected chi connectivity index (χ3v) is 5.88. The number of carbonyl (C=O) groups excluding carboxylic acids is 3. The predicted octanol–water partition coefficient (Wildman–Crippen LogP) is 4.81. The molecule has 0 fully saturated rings. The number of hydrogen-bond acceptors (Lipinski definition) is 8. The lowest BCUT2D eigenvalue weighted by Crippen LogP contribution is -2.27. The van der Waals surface area contributed by atoms with E-state index in [1.54, 1.807) is 71.9 Å². The molecule has 1 unspecified atom stereocenters. The Bertz CT molecular complexity index is 848. The van der Waals surface area contributed by atoms with Gasteiger partial charge in [-0.25, -0.2) is 5.06 Å². The molecule has 0 aliphatic heterocycles. The highest BCUT2D eigenvalue weighted by Gasteiger charge is 2.27. The van der Waals surface area contributed by atoms with Crippen LogP contribution in [0, 0.1) is 10.8 Å². The number of benzene rings is 1. The van der Waals surface area contributed by atoms with Crippen LogP contribution in [-0.2, 0) is 27.9 Å². The van der Waals surface area contributed by atoms with Gasteiger partial charge in [0.05, 0.1) is 18.6 Å². The normalized spacial score (nSPS) is 14.0. The largest absolute Gasteiger partial charge is 0.438 e. The highest BCUT2D eigenvalue weighted by molar-refractivity contribution is 7.57. The standard InChI is InChI=1S/C23H34NO8P/c1-22(2,3)19(25)13-15-31-33(29,32-17-30-21(27)23(4,5)6)16-10-14-24(28)20(26)18-11-8-7-9-12-18/h7-12,16,28H,13-15,17H2,1-6H3/b16-10+. The molecule has 0 spiro atoms. The molecule has 1 amide bonds. The van der Waals surface area contributed by atoms with Crippen molar-refractivity contribution in [3.8, 4) is 0 Å². The molecule has 1 N–H and O–H groups in total. The number of amides is 1. The molecule has 1 aromatic carbocycles. The van der Waals surface area contributed by atoms with Crippen LogP contribution < -0.4 is 0 Å². The summed E-state index contributed by atoms with van der Waals surface area (Å²) in [7, 11) is -3.95. The van der Waals surface area contributed by atoms with Crippen molar-refractivity contribution in [1.29, 1.82) is 0 Å². The zero-order chi connectivity index (χ0) is 25.3. The summed E-state index contributed by atoms with van der Waals surface area (Å²) in [5, 5.41) is 10.4. The van der Waals surface area contributed by atoms with Gasteiger partial charge in [-0.15, -0.1) is 0 Å². The van der Waals surface area contributed by atoms with E-state index in [0.29, 0.717) is 5.06 Å². The van der Waals surface area contributed by atoms with Gasteiger partial charge in [0.15, 0.2) is 0 Å². The molecular weight excluding hydrogens is 449 g/mol. The monoisotopic (exact) mass is 483 g/mol. The lowest BCUT2D eigenvalue weighted by molar-refractivity contribution is -0.159. The first-order chi connectivity index (χ1) is 15.2. The third-order valence-electron chi connectivity index (χ3n) is 4.29. The molecule has 33 heavy (non-hydrogen) atoms. The Kier molecular flexibility index (Phi) is 10.6. The van der Waals surface area contributed by atoms with Crippen LogP contribution in [0.25, 0.3) is 0 Å². The average molecular weight is 483 g/mol. The van der Waals surface area contributed by atoms with Gasteiger partial charge in [0, 0.05) is 23.2 Å². The van der Waals surface area contributed by atoms with E-state index in [2.05, 4.69) is 0 Å². The summed E-state index contributed by atoms with van der Waals surface area (Å²) in [4.78, 5) is 36.2. The molecule has 0 saturated carbocycles. The van der Waals surface area contributed by atoms with Crippen LogP contribution in [0.3, 0.4) is 0 Å². The van der Waals surface area contributed by atoms with E-state index in [9.17, 15) is 24.2 Å². The van der Waals surface area contributed by atoms with Gasteiger partial charge < -0.3 is 9.26 Å². The van der Waals surface area contributed by atoms with E-state index in [0.717, 1.165) is 5.82 Å². The molecule has 0 radical (unpaired) electrons. The highest BCUT2D eigenvalue weighted by Crippen LogP contribution is 2.50. The van der Waals surface area contributed by atoms with Crippen molar-refractivity contribution in [2.45, 2.75) is 48.0 Å². The van der Waals surface area contributed by atoms with Crippen molar-refractivity contribution >= 4 is 25.3 Å². The number of Topliss-reactive ketones (excluding diaryl/α,β-unsaturated/α-hetero) is 1. The zero-order valence-electron chi connectivity index (χ0n) is 20.1. The fraction of sp³-hybridized carbons (Fsp3) is 0.522. The summed E-state index contributed by atoms with van der Waals surface area (Å²) < 4.78 is 28.6. The number of ketones is 1. The van der Waals surface area contributed by atoms with Crippen molar-refractivity contribution in [3.05, 3.63) is 47.8 Å². The topological polar surface area (TPSA) is 119 Å². The SMILES string of the molecule is CC(C)(C)C(=O)CCOP(=O)(/C=C/CN(O)C(=O)c1ccccc1)OCOC(=O)C(C)(C)C. The Morgan fingerprint density at radius 1 is 1.00 bits per heavy atom. The van der Waals surface area contributed by atoms with Crippen LogP contribution in [0.5, 0.6) is 0 Å². The van der Waals surface area contributed by atoms with Crippen molar-refractivity contribution in [1.82, 2.24) is 5.06 Å². The predicted molar refractivity (Wildman–Crippen MR) is 123 cm³/mol. The number of carbonyl (C=O) groups is 3.